The van der Waals surface area contributed by atoms with Crippen molar-refractivity contribution in [1.29, 1.82) is 0 Å². The van der Waals surface area contributed by atoms with Gasteiger partial charge in [-0.15, -0.1) is 0 Å². The van der Waals surface area contributed by atoms with Gasteiger partial charge in [-0.05, 0) is 61.9 Å². The van der Waals surface area contributed by atoms with Crippen molar-refractivity contribution in [2.75, 3.05) is 7.11 Å². The number of ether oxygens (including phenoxy) is 2. The third-order valence-corrected chi connectivity index (χ3v) is 6.32. The zero-order valence-corrected chi connectivity index (χ0v) is 20.0. The Kier molecular flexibility index (Phi) is 7.04. The zero-order chi connectivity index (χ0) is 25.1. The quantitative estimate of drug-likeness (QED) is 0.476. The molecule has 0 aromatic heterocycles. The molecule has 1 aliphatic carbocycles. The molecule has 0 unspecified atom stereocenters. The number of methoxy groups -OCH3 is 1. The van der Waals surface area contributed by atoms with E-state index in [-0.39, 0.29) is 18.1 Å². The summed E-state index contributed by atoms with van der Waals surface area (Å²) in [4.78, 5) is 56.2. The Bertz CT molecular complexity index is 1170. The Morgan fingerprint density at radius 1 is 1.09 bits per heavy atom. The number of amides is 3. The van der Waals surface area contributed by atoms with E-state index in [1.54, 1.807) is 43.3 Å². The number of rotatable bonds is 7. The average Bonchev–Trinajstić information content (AvgIpc) is 3.43. The summed E-state index contributed by atoms with van der Waals surface area (Å²) in [7, 11) is 1.54. The minimum Gasteiger partial charge on any atom is -0.493 e. The number of imide groups is 1. The number of nitrogens with one attached hydrogen (secondary N) is 1. The lowest BCUT2D eigenvalue weighted by molar-refractivity contribution is -0.156. The molecule has 0 spiro atoms. The van der Waals surface area contributed by atoms with Crippen LogP contribution in [0.4, 0.5) is 0 Å². The number of carbonyl (C=O) groups excluding carboxylic acids is 4. The summed E-state index contributed by atoms with van der Waals surface area (Å²) >= 11 is 0. The largest absolute Gasteiger partial charge is 0.493 e. The van der Waals surface area contributed by atoms with Crippen LogP contribution in [0.1, 0.15) is 76.9 Å². The number of aryl methyl sites for hydroxylation is 1. The molecule has 0 saturated heterocycles. The van der Waals surface area contributed by atoms with Gasteiger partial charge in [0.25, 0.3) is 17.7 Å². The van der Waals surface area contributed by atoms with Gasteiger partial charge in [0.15, 0.2) is 11.5 Å². The third-order valence-electron chi connectivity index (χ3n) is 6.32. The fourth-order valence-corrected chi connectivity index (χ4v) is 4.64. The van der Waals surface area contributed by atoms with Crippen molar-refractivity contribution >= 4 is 23.7 Å². The molecular weight excluding hydrogens is 452 g/mol. The van der Waals surface area contributed by atoms with Crippen LogP contribution in [-0.4, -0.2) is 41.8 Å². The fourth-order valence-electron chi connectivity index (χ4n) is 4.64. The molecule has 9 heteroatoms. The minimum absolute atomic E-state index is 0.0480. The molecule has 1 saturated carbocycles. The minimum atomic E-state index is -0.964. The van der Waals surface area contributed by atoms with E-state index in [1.807, 2.05) is 0 Å². The number of carbonyl (C=O) groups is 4. The van der Waals surface area contributed by atoms with Crippen LogP contribution >= 0.6 is 0 Å². The number of benzene rings is 2. The second-order valence-corrected chi connectivity index (χ2v) is 8.75. The van der Waals surface area contributed by atoms with Crippen molar-refractivity contribution in [1.82, 2.24) is 10.4 Å². The molecule has 0 radical (unpaired) electrons. The summed E-state index contributed by atoms with van der Waals surface area (Å²) in [6.07, 6.45) is 3.76. The van der Waals surface area contributed by atoms with E-state index >= 15 is 0 Å². The summed E-state index contributed by atoms with van der Waals surface area (Å²) in [6.45, 7) is 2.91. The maximum Gasteiger partial charge on any atom is 0.329 e. The molecular formula is C26H28N2O7. The molecule has 1 aliphatic heterocycles. The predicted molar refractivity (Wildman–Crippen MR) is 125 cm³/mol. The topological polar surface area (TPSA) is 111 Å². The van der Waals surface area contributed by atoms with Crippen LogP contribution in [0.25, 0.3) is 0 Å². The molecule has 3 amide bonds. The monoisotopic (exact) mass is 480 g/mol. The summed E-state index contributed by atoms with van der Waals surface area (Å²) in [5.41, 5.74) is 3.87. The fraction of sp³-hybridized carbons (Fsp3) is 0.385. The first-order valence-electron chi connectivity index (χ1n) is 11.6. The van der Waals surface area contributed by atoms with Gasteiger partial charge < -0.3 is 14.3 Å². The van der Waals surface area contributed by atoms with Crippen LogP contribution in [0.3, 0.4) is 0 Å². The maximum atomic E-state index is 13.4. The Morgan fingerprint density at radius 3 is 2.49 bits per heavy atom. The Balaban J connectivity index is 1.72. The van der Waals surface area contributed by atoms with Gasteiger partial charge in [0, 0.05) is 6.92 Å². The highest BCUT2D eigenvalue weighted by Gasteiger charge is 2.42. The lowest BCUT2D eigenvalue weighted by Crippen LogP contribution is -2.38. The highest BCUT2D eigenvalue weighted by Crippen LogP contribution is 2.39. The predicted octanol–water partition coefficient (Wildman–Crippen LogP) is 3.65. The van der Waals surface area contributed by atoms with Gasteiger partial charge in [0.2, 0.25) is 0 Å². The zero-order valence-electron chi connectivity index (χ0n) is 20.0. The highest BCUT2D eigenvalue weighted by molar-refractivity contribution is 6.22. The first-order valence-corrected chi connectivity index (χ1v) is 11.6. The normalized spacial score (nSPS) is 16.1. The average molecular weight is 481 g/mol. The number of hydrogen-bond donors (Lipinski definition) is 1. The third kappa shape index (κ3) is 4.99. The van der Waals surface area contributed by atoms with Gasteiger partial charge in [-0.25, -0.2) is 0 Å². The van der Waals surface area contributed by atoms with Crippen molar-refractivity contribution in [2.45, 2.75) is 58.1 Å². The molecule has 2 aliphatic rings. The van der Waals surface area contributed by atoms with Crippen LogP contribution < -0.4 is 15.0 Å². The molecule has 1 heterocycles. The van der Waals surface area contributed by atoms with Crippen molar-refractivity contribution < 1.29 is 33.5 Å². The smallest absolute Gasteiger partial charge is 0.329 e. The first kappa shape index (κ1) is 24.3. The van der Waals surface area contributed by atoms with Crippen molar-refractivity contribution in [3.63, 3.8) is 0 Å². The van der Waals surface area contributed by atoms with Crippen LogP contribution in [0.2, 0.25) is 0 Å². The summed E-state index contributed by atoms with van der Waals surface area (Å²) in [5.74, 6) is -1.33. The van der Waals surface area contributed by atoms with Gasteiger partial charge in [0.1, 0.15) is 0 Å². The SMILES string of the molecule is COc1ccc([C@H](CC(=O)NOC(C)=O)N2C(=O)c3cccc(C)c3C2=O)cc1OC1CCCC1. The lowest BCUT2D eigenvalue weighted by Gasteiger charge is -2.27. The molecule has 35 heavy (non-hydrogen) atoms. The standard InChI is InChI=1S/C26H28N2O7/c1-15-7-6-10-19-24(15)26(32)28(25(19)31)20(14-23(30)27-35-16(2)29)17-11-12-21(33-3)22(13-17)34-18-8-4-5-9-18/h6-7,10-13,18,20H,4-5,8-9,14H2,1-3H3,(H,27,30)/t20-/m0/s1. The number of hydroxylamine groups is 1. The lowest BCUT2D eigenvalue weighted by atomic mass is 10.0. The summed E-state index contributed by atoms with van der Waals surface area (Å²) in [5, 5.41) is 0. The van der Waals surface area contributed by atoms with Crippen molar-refractivity contribution in [3.05, 3.63) is 58.7 Å². The Morgan fingerprint density at radius 2 is 1.83 bits per heavy atom. The van der Waals surface area contributed by atoms with E-state index in [0.29, 0.717) is 28.2 Å². The van der Waals surface area contributed by atoms with Crippen LogP contribution in [-0.2, 0) is 14.4 Å². The first-order chi connectivity index (χ1) is 16.8. The molecule has 184 valence electrons. The van der Waals surface area contributed by atoms with Crippen molar-refractivity contribution in [2.24, 2.45) is 0 Å². The van der Waals surface area contributed by atoms with E-state index in [2.05, 4.69) is 10.3 Å². The molecule has 9 nitrogen and oxygen atoms in total. The molecule has 1 N–H and O–H groups in total. The number of hydrogen-bond acceptors (Lipinski definition) is 7. The van der Waals surface area contributed by atoms with Crippen LogP contribution in [0.15, 0.2) is 36.4 Å². The van der Waals surface area contributed by atoms with Gasteiger partial charge >= 0.3 is 5.97 Å². The van der Waals surface area contributed by atoms with E-state index in [0.717, 1.165) is 37.5 Å². The van der Waals surface area contributed by atoms with E-state index in [4.69, 9.17) is 9.47 Å². The maximum absolute atomic E-state index is 13.4. The van der Waals surface area contributed by atoms with Gasteiger partial charge in [-0.1, -0.05) is 18.2 Å². The Hall–Kier alpha value is -3.88. The number of nitrogens with zero attached hydrogens (tertiary/aromatic N) is 1. The summed E-state index contributed by atoms with van der Waals surface area (Å²) in [6, 6.07) is 9.21. The second kappa shape index (κ2) is 10.2. The van der Waals surface area contributed by atoms with Gasteiger partial charge in [-0.3, -0.25) is 24.1 Å². The highest BCUT2D eigenvalue weighted by atomic mass is 16.7. The van der Waals surface area contributed by atoms with Gasteiger partial charge in [-0.2, -0.15) is 5.48 Å². The molecule has 1 atom stereocenters. The molecule has 2 aromatic carbocycles. The molecule has 0 bridgehead atoms. The van der Waals surface area contributed by atoms with E-state index in [1.165, 1.54) is 7.11 Å². The van der Waals surface area contributed by atoms with E-state index < -0.39 is 29.7 Å². The van der Waals surface area contributed by atoms with Gasteiger partial charge in [0.05, 0.1) is 36.8 Å². The number of fused-ring (bicyclic) bond motifs is 1. The molecule has 4 rings (SSSR count). The Labute approximate surface area is 203 Å². The van der Waals surface area contributed by atoms with Crippen molar-refractivity contribution in [3.8, 4) is 11.5 Å². The van der Waals surface area contributed by atoms with Crippen LogP contribution in [0, 0.1) is 6.92 Å². The van der Waals surface area contributed by atoms with E-state index in [9.17, 15) is 19.2 Å². The molecule has 2 aromatic rings. The second-order valence-electron chi connectivity index (χ2n) is 8.75. The molecule has 1 fully saturated rings. The van der Waals surface area contributed by atoms with Crippen LogP contribution in [0.5, 0.6) is 11.5 Å². The summed E-state index contributed by atoms with van der Waals surface area (Å²) < 4.78 is 11.6.